The van der Waals surface area contributed by atoms with Crippen LogP contribution < -0.4 is 11.3 Å². The van der Waals surface area contributed by atoms with E-state index in [4.69, 9.17) is 10.6 Å². The van der Waals surface area contributed by atoms with Gasteiger partial charge < -0.3 is 4.74 Å². The van der Waals surface area contributed by atoms with Crippen LogP contribution in [0.3, 0.4) is 0 Å². The lowest BCUT2D eigenvalue weighted by molar-refractivity contribution is 0.0619. The highest BCUT2D eigenvalue weighted by Gasteiger charge is 2.28. The van der Waals surface area contributed by atoms with Crippen molar-refractivity contribution in [3.63, 3.8) is 0 Å². The molecule has 0 aromatic rings. The highest BCUT2D eigenvalue weighted by Crippen LogP contribution is 2.29. The zero-order chi connectivity index (χ0) is 8.97. The first-order valence-electron chi connectivity index (χ1n) is 4.78. The fraction of sp³-hybridized carbons (Fsp3) is 1.00. The van der Waals surface area contributed by atoms with Gasteiger partial charge >= 0.3 is 0 Å². The lowest BCUT2D eigenvalue weighted by Crippen LogP contribution is -2.47. The van der Waals surface area contributed by atoms with Crippen molar-refractivity contribution < 1.29 is 4.74 Å². The molecule has 0 heterocycles. The molecule has 0 spiro atoms. The molecule has 1 rings (SSSR count). The molecule has 0 radical (unpaired) electrons. The lowest BCUT2D eigenvalue weighted by Gasteiger charge is -2.27. The molecule has 1 aliphatic rings. The van der Waals surface area contributed by atoms with Crippen molar-refractivity contribution in [1.82, 2.24) is 5.43 Å². The van der Waals surface area contributed by atoms with Crippen LogP contribution in [-0.2, 0) is 4.74 Å². The van der Waals surface area contributed by atoms with Gasteiger partial charge in [0, 0.05) is 13.2 Å². The molecule has 3 N–H and O–H groups in total. The van der Waals surface area contributed by atoms with E-state index in [1.165, 1.54) is 25.7 Å². The van der Waals surface area contributed by atoms with Crippen LogP contribution in [0.15, 0.2) is 0 Å². The second kappa shape index (κ2) is 4.80. The van der Waals surface area contributed by atoms with Crippen LogP contribution in [0.4, 0.5) is 0 Å². The maximum absolute atomic E-state index is 5.50. The minimum Gasteiger partial charge on any atom is -0.380 e. The standard InChI is InChI=1S/C9H20N2O/c1-7(12-2)9(11-10)8-5-3-4-6-8/h7-9,11H,3-6,10H2,1-2H3. The number of rotatable bonds is 4. The van der Waals surface area contributed by atoms with Crippen molar-refractivity contribution in [2.24, 2.45) is 11.8 Å². The van der Waals surface area contributed by atoms with Crippen LogP contribution in [0.2, 0.25) is 0 Å². The topological polar surface area (TPSA) is 47.3 Å². The Bertz CT molecular complexity index is 124. The first kappa shape index (κ1) is 9.96. The average Bonchev–Trinajstić information content (AvgIpc) is 2.58. The van der Waals surface area contributed by atoms with Crippen molar-refractivity contribution in [2.45, 2.75) is 44.8 Å². The molecule has 0 amide bonds. The molecule has 1 aliphatic carbocycles. The van der Waals surface area contributed by atoms with Crippen LogP contribution in [-0.4, -0.2) is 19.3 Å². The Morgan fingerprint density at radius 2 is 2.00 bits per heavy atom. The smallest absolute Gasteiger partial charge is 0.0712 e. The van der Waals surface area contributed by atoms with Crippen molar-refractivity contribution in [3.8, 4) is 0 Å². The van der Waals surface area contributed by atoms with E-state index in [1.807, 2.05) is 0 Å². The Morgan fingerprint density at radius 1 is 1.42 bits per heavy atom. The van der Waals surface area contributed by atoms with E-state index < -0.39 is 0 Å². The maximum atomic E-state index is 5.50. The molecule has 2 unspecified atom stereocenters. The maximum Gasteiger partial charge on any atom is 0.0712 e. The quantitative estimate of drug-likeness (QED) is 0.492. The van der Waals surface area contributed by atoms with Crippen molar-refractivity contribution in [2.75, 3.05) is 7.11 Å². The van der Waals surface area contributed by atoms with Crippen LogP contribution >= 0.6 is 0 Å². The van der Waals surface area contributed by atoms with E-state index in [9.17, 15) is 0 Å². The first-order chi connectivity index (χ1) is 5.79. The highest BCUT2D eigenvalue weighted by atomic mass is 16.5. The molecule has 3 nitrogen and oxygen atoms in total. The predicted octanol–water partition coefficient (Wildman–Crippen LogP) is 1.04. The Balaban J connectivity index is 2.42. The molecule has 0 bridgehead atoms. The normalized spacial score (nSPS) is 24.2. The third-order valence-electron chi connectivity index (χ3n) is 2.98. The number of ether oxygens (including phenoxy) is 1. The zero-order valence-electron chi connectivity index (χ0n) is 8.05. The average molecular weight is 172 g/mol. The van der Waals surface area contributed by atoms with Gasteiger partial charge in [0.25, 0.3) is 0 Å². The first-order valence-corrected chi connectivity index (χ1v) is 4.78. The zero-order valence-corrected chi connectivity index (χ0v) is 8.05. The highest BCUT2D eigenvalue weighted by molar-refractivity contribution is 4.83. The number of hydrogen-bond donors (Lipinski definition) is 2. The Kier molecular flexibility index (Phi) is 3.98. The predicted molar refractivity (Wildman–Crippen MR) is 49.5 cm³/mol. The molecular weight excluding hydrogens is 152 g/mol. The van der Waals surface area contributed by atoms with Gasteiger partial charge in [-0.3, -0.25) is 11.3 Å². The van der Waals surface area contributed by atoms with Crippen molar-refractivity contribution >= 4 is 0 Å². The van der Waals surface area contributed by atoms with Crippen molar-refractivity contribution in [3.05, 3.63) is 0 Å². The Labute approximate surface area is 74.6 Å². The molecule has 12 heavy (non-hydrogen) atoms. The van der Waals surface area contributed by atoms with Gasteiger partial charge in [-0.15, -0.1) is 0 Å². The summed E-state index contributed by atoms with van der Waals surface area (Å²) < 4.78 is 5.27. The number of methoxy groups -OCH3 is 1. The van der Waals surface area contributed by atoms with Crippen LogP contribution in [0.1, 0.15) is 32.6 Å². The van der Waals surface area contributed by atoms with Gasteiger partial charge in [0.15, 0.2) is 0 Å². The SMILES string of the molecule is COC(C)C(NN)C1CCCC1. The number of nitrogens with one attached hydrogen (secondary N) is 1. The van der Waals surface area contributed by atoms with E-state index in [2.05, 4.69) is 12.3 Å². The monoisotopic (exact) mass is 172 g/mol. The summed E-state index contributed by atoms with van der Waals surface area (Å²) in [5, 5.41) is 0. The Hall–Kier alpha value is -0.120. The van der Waals surface area contributed by atoms with E-state index in [1.54, 1.807) is 7.11 Å². The summed E-state index contributed by atoms with van der Waals surface area (Å²) in [6.07, 6.45) is 5.50. The van der Waals surface area contributed by atoms with Crippen LogP contribution in [0.25, 0.3) is 0 Å². The van der Waals surface area contributed by atoms with Gasteiger partial charge in [-0.05, 0) is 25.7 Å². The largest absolute Gasteiger partial charge is 0.380 e. The van der Waals surface area contributed by atoms with E-state index in [0.717, 1.165) is 0 Å². The Morgan fingerprint density at radius 3 is 2.42 bits per heavy atom. The summed E-state index contributed by atoms with van der Waals surface area (Å²) in [5.41, 5.74) is 2.87. The molecule has 72 valence electrons. The third kappa shape index (κ3) is 2.19. The molecule has 0 aromatic carbocycles. The van der Waals surface area contributed by atoms with Gasteiger partial charge in [-0.2, -0.15) is 0 Å². The summed E-state index contributed by atoms with van der Waals surface area (Å²) in [5.74, 6) is 6.21. The van der Waals surface area contributed by atoms with Gasteiger partial charge in [0.2, 0.25) is 0 Å². The molecule has 0 saturated heterocycles. The van der Waals surface area contributed by atoms with Crippen molar-refractivity contribution in [1.29, 1.82) is 0 Å². The third-order valence-corrected chi connectivity index (χ3v) is 2.98. The minimum atomic E-state index is 0.220. The molecule has 1 saturated carbocycles. The van der Waals surface area contributed by atoms with E-state index in [0.29, 0.717) is 12.0 Å². The summed E-state index contributed by atoms with van der Waals surface area (Å²) in [7, 11) is 1.74. The molecule has 0 aromatic heterocycles. The summed E-state index contributed by atoms with van der Waals surface area (Å²) >= 11 is 0. The lowest BCUT2D eigenvalue weighted by atomic mass is 9.95. The molecule has 2 atom stereocenters. The summed E-state index contributed by atoms with van der Waals surface area (Å²) in [4.78, 5) is 0. The second-order valence-electron chi connectivity index (χ2n) is 3.68. The number of hydrazine groups is 1. The summed E-state index contributed by atoms with van der Waals surface area (Å²) in [6, 6.07) is 0.331. The number of nitrogens with two attached hydrogens (primary N) is 1. The minimum absolute atomic E-state index is 0.220. The fourth-order valence-electron chi connectivity index (χ4n) is 2.12. The fourth-order valence-corrected chi connectivity index (χ4v) is 2.12. The molecule has 1 fully saturated rings. The van der Waals surface area contributed by atoms with Gasteiger partial charge in [-0.1, -0.05) is 12.8 Å². The summed E-state index contributed by atoms with van der Waals surface area (Å²) in [6.45, 7) is 2.07. The molecule has 3 heteroatoms. The number of hydrogen-bond acceptors (Lipinski definition) is 3. The molecule has 0 aliphatic heterocycles. The second-order valence-corrected chi connectivity index (χ2v) is 3.68. The molecular formula is C9H20N2O. The van der Waals surface area contributed by atoms with Crippen LogP contribution in [0.5, 0.6) is 0 Å². The van der Waals surface area contributed by atoms with E-state index in [-0.39, 0.29) is 6.10 Å². The van der Waals surface area contributed by atoms with Gasteiger partial charge in [-0.25, -0.2) is 0 Å². The van der Waals surface area contributed by atoms with Gasteiger partial charge in [0.05, 0.1) is 6.10 Å². The van der Waals surface area contributed by atoms with Crippen LogP contribution in [0, 0.1) is 5.92 Å². The van der Waals surface area contributed by atoms with E-state index >= 15 is 0 Å². The van der Waals surface area contributed by atoms with Gasteiger partial charge in [0.1, 0.15) is 0 Å².